The molecule has 0 saturated carbocycles. The highest BCUT2D eigenvalue weighted by molar-refractivity contribution is 5.91. The maximum absolute atomic E-state index is 12.8. The molecule has 0 unspecified atom stereocenters. The van der Waals surface area contributed by atoms with Crippen LogP contribution < -0.4 is 9.47 Å². The lowest BCUT2D eigenvalue weighted by atomic mass is 10.0. The van der Waals surface area contributed by atoms with Gasteiger partial charge in [-0.2, -0.15) is 22.0 Å². The van der Waals surface area contributed by atoms with E-state index in [1.165, 1.54) is 6.42 Å². The molecule has 0 radical (unpaired) electrons. The van der Waals surface area contributed by atoms with Crippen molar-refractivity contribution in [3.63, 3.8) is 0 Å². The van der Waals surface area contributed by atoms with E-state index in [0.717, 1.165) is 36.8 Å². The van der Waals surface area contributed by atoms with Crippen molar-refractivity contribution in [2.75, 3.05) is 13.2 Å². The van der Waals surface area contributed by atoms with Gasteiger partial charge < -0.3 is 18.9 Å². The van der Waals surface area contributed by atoms with Crippen LogP contribution in [0.4, 0.5) is 22.0 Å². The van der Waals surface area contributed by atoms with Crippen molar-refractivity contribution in [3.8, 4) is 22.6 Å². The molecule has 49 heavy (non-hydrogen) atoms. The summed E-state index contributed by atoms with van der Waals surface area (Å²) < 4.78 is 82.8. The van der Waals surface area contributed by atoms with Crippen molar-refractivity contribution in [3.05, 3.63) is 83.9 Å². The van der Waals surface area contributed by atoms with E-state index in [1.54, 1.807) is 48.5 Å². The molecule has 0 spiro atoms. The minimum absolute atomic E-state index is 0.128. The topological polar surface area (TPSA) is 88.1 Å². The van der Waals surface area contributed by atoms with Gasteiger partial charge in [0.1, 0.15) is 11.5 Å². The minimum atomic E-state index is -5.99. The molecule has 12 heteroatoms. The highest BCUT2D eigenvalue weighted by atomic mass is 19.4. The average molecular weight is 693 g/mol. The number of esters is 3. The SMILES string of the molecule is CCCCCC[C@H](C)OC(=O)c1ccc(-c2ccc(OC(=O)c3ccc(OCCCCCCOC(=O)C(F)(F)C(F)(F)F)cc3)cc2)cc1. The van der Waals surface area contributed by atoms with E-state index >= 15 is 0 Å². The van der Waals surface area contributed by atoms with Gasteiger partial charge in [0.25, 0.3) is 0 Å². The van der Waals surface area contributed by atoms with Crippen molar-refractivity contribution < 1.29 is 55.3 Å². The summed E-state index contributed by atoms with van der Waals surface area (Å²) in [5, 5.41) is 0. The van der Waals surface area contributed by atoms with E-state index < -0.39 is 30.6 Å². The van der Waals surface area contributed by atoms with Crippen LogP contribution in [0, 0.1) is 0 Å². The number of rotatable bonds is 19. The molecule has 0 N–H and O–H groups in total. The summed E-state index contributed by atoms with van der Waals surface area (Å²) in [5.74, 6) is -8.19. The van der Waals surface area contributed by atoms with Crippen LogP contribution in [0.25, 0.3) is 11.1 Å². The Morgan fingerprint density at radius 2 is 1.14 bits per heavy atom. The van der Waals surface area contributed by atoms with E-state index in [4.69, 9.17) is 14.2 Å². The van der Waals surface area contributed by atoms with Crippen molar-refractivity contribution in [2.45, 2.75) is 89.8 Å². The number of ether oxygens (including phenoxy) is 4. The molecule has 1 atom stereocenters. The molecule has 3 rings (SSSR count). The van der Waals surface area contributed by atoms with Crippen molar-refractivity contribution in [1.29, 1.82) is 0 Å². The van der Waals surface area contributed by atoms with E-state index in [9.17, 15) is 36.3 Å². The minimum Gasteiger partial charge on any atom is -0.494 e. The lowest BCUT2D eigenvalue weighted by Gasteiger charge is -2.17. The third-order valence-corrected chi connectivity index (χ3v) is 7.53. The number of benzene rings is 3. The number of unbranched alkanes of at least 4 members (excludes halogenated alkanes) is 6. The summed E-state index contributed by atoms with van der Waals surface area (Å²) in [6, 6.07) is 20.4. The zero-order chi connectivity index (χ0) is 35.9. The Bertz CT molecular complexity index is 1470. The Balaban J connectivity index is 1.36. The van der Waals surface area contributed by atoms with Crippen molar-refractivity contribution in [2.24, 2.45) is 0 Å². The zero-order valence-electron chi connectivity index (χ0n) is 27.5. The van der Waals surface area contributed by atoms with Gasteiger partial charge in [-0.25, -0.2) is 14.4 Å². The first-order valence-corrected chi connectivity index (χ1v) is 16.3. The Kier molecular flexibility index (Phi) is 15.0. The standard InChI is InChI=1S/C37H41F5O7/c1-3-4-5-8-11-26(2)48-33(43)29-14-12-27(13-15-29)28-16-22-32(23-17-28)49-34(44)30-18-20-31(21-19-30)46-24-9-6-7-10-25-47-35(45)36(38,39)37(40,41)42/h12-23,26H,3-11,24-25H2,1-2H3/t26-/m0/s1. The van der Waals surface area contributed by atoms with Crippen LogP contribution in [-0.2, 0) is 14.3 Å². The van der Waals surface area contributed by atoms with Gasteiger partial charge in [-0.05, 0) is 105 Å². The summed E-state index contributed by atoms with van der Waals surface area (Å²) in [7, 11) is 0. The molecule has 0 heterocycles. The molecule has 0 fully saturated rings. The van der Waals surface area contributed by atoms with Gasteiger partial charge in [0.15, 0.2) is 0 Å². The number of halogens is 5. The van der Waals surface area contributed by atoms with Crippen LogP contribution in [0.3, 0.4) is 0 Å². The molecule has 0 bridgehead atoms. The fraction of sp³-hybridized carbons (Fsp3) is 0.432. The predicted molar refractivity (Wildman–Crippen MR) is 173 cm³/mol. The van der Waals surface area contributed by atoms with Crippen LogP contribution in [0.2, 0.25) is 0 Å². The average Bonchev–Trinajstić information content (AvgIpc) is 3.08. The molecule has 0 aliphatic carbocycles. The zero-order valence-corrected chi connectivity index (χ0v) is 27.5. The first kappa shape index (κ1) is 39.0. The molecule has 3 aromatic rings. The van der Waals surface area contributed by atoms with Crippen LogP contribution in [0.15, 0.2) is 72.8 Å². The summed E-state index contributed by atoms with van der Waals surface area (Å²) in [6.07, 6.45) is 0.898. The fourth-order valence-electron chi connectivity index (χ4n) is 4.65. The molecule has 266 valence electrons. The first-order valence-electron chi connectivity index (χ1n) is 16.3. The maximum atomic E-state index is 12.8. The van der Waals surface area contributed by atoms with E-state index in [1.807, 2.05) is 31.2 Å². The molecule has 3 aromatic carbocycles. The number of hydrogen-bond donors (Lipinski definition) is 0. The summed E-state index contributed by atoms with van der Waals surface area (Å²) >= 11 is 0. The van der Waals surface area contributed by atoms with Crippen LogP contribution in [-0.4, -0.2) is 49.3 Å². The van der Waals surface area contributed by atoms with Gasteiger partial charge in [0.2, 0.25) is 0 Å². The molecule has 7 nitrogen and oxygen atoms in total. The number of carbonyl (C=O) groups is 3. The molecule has 0 aromatic heterocycles. The Morgan fingerprint density at radius 1 is 0.633 bits per heavy atom. The summed E-state index contributed by atoms with van der Waals surface area (Å²) in [6.45, 7) is 3.82. The molecular weight excluding hydrogens is 651 g/mol. The normalized spacial score (nSPS) is 12.2. The van der Waals surface area contributed by atoms with Gasteiger partial charge in [-0.15, -0.1) is 0 Å². The monoisotopic (exact) mass is 692 g/mol. The molecule has 0 amide bonds. The molecular formula is C37H41F5O7. The smallest absolute Gasteiger partial charge is 0.465 e. The Morgan fingerprint density at radius 3 is 1.73 bits per heavy atom. The summed E-state index contributed by atoms with van der Waals surface area (Å²) in [5.41, 5.74) is 2.55. The van der Waals surface area contributed by atoms with Gasteiger partial charge in [0, 0.05) is 0 Å². The fourth-order valence-corrected chi connectivity index (χ4v) is 4.65. The molecule has 0 aliphatic heterocycles. The van der Waals surface area contributed by atoms with Gasteiger partial charge in [-0.3, -0.25) is 0 Å². The van der Waals surface area contributed by atoms with Gasteiger partial charge >= 0.3 is 30.0 Å². The maximum Gasteiger partial charge on any atom is 0.465 e. The van der Waals surface area contributed by atoms with Crippen LogP contribution in [0.1, 0.15) is 92.4 Å². The second-order valence-corrected chi connectivity index (χ2v) is 11.6. The Labute approximate surface area is 282 Å². The lowest BCUT2D eigenvalue weighted by Crippen LogP contribution is -2.45. The quantitative estimate of drug-likeness (QED) is 0.0535. The van der Waals surface area contributed by atoms with Crippen molar-refractivity contribution in [1.82, 2.24) is 0 Å². The van der Waals surface area contributed by atoms with Crippen molar-refractivity contribution >= 4 is 17.9 Å². The number of carbonyl (C=O) groups excluding carboxylic acids is 3. The van der Waals surface area contributed by atoms with E-state index in [2.05, 4.69) is 11.7 Å². The van der Waals surface area contributed by atoms with Gasteiger partial charge in [-0.1, -0.05) is 50.5 Å². The Hall–Kier alpha value is -4.48. The largest absolute Gasteiger partial charge is 0.494 e. The van der Waals surface area contributed by atoms with E-state index in [0.29, 0.717) is 48.5 Å². The third kappa shape index (κ3) is 12.5. The molecule has 0 aliphatic rings. The second kappa shape index (κ2) is 18.9. The first-order chi connectivity index (χ1) is 23.3. The summed E-state index contributed by atoms with van der Waals surface area (Å²) in [4.78, 5) is 36.1. The highest BCUT2D eigenvalue weighted by Gasteiger charge is 2.64. The van der Waals surface area contributed by atoms with Gasteiger partial charge in [0.05, 0.1) is 30.4 Å². The number of alkyl halides is 5. The second-order valence-electron chi connectivity index (χ2n) is 11.6. The van der Waals surface area contributed by atoms with Crippen LogP contribution >= 0.6 is 0 Å². The van der Waals surface area contributed by atoms with Crippen LogP contribution in [0.5, 0.6) is 11.5 Å². The third-order valence-electron chi connectivity index (χ3n) is 7.53. The number of hydrogen-bond acceptors (Lipinski definition) is 7. The highest BCUT2D eigenvalue weighted by Crippen LogP contribution is 2.36. The van der Waals surface area contributed by atoms with E-state index in [-0.39, 0.29) is 18.5 Å². The lowest BCUT2D eigenvalue weighted by molar-refractivity contribution is -0.280. The molecule has 0 saturated heterocycles. The predicted octanol–water partition coefficient (Wildman–Crippen LogP) is 9.77.